The fraction of sp³-hybridized carbons (Fsp3) is 0.263. The van der Waals surface area contributed by atoms with Gasteiger partial charge in [-0.15, -0.1) is 0 Å². The van der Waals surface area contributed by atoms with Gasteiger partial charge >= 0.3 is 0 Å². The molecule has 0 saturated heterocycles. The zero-order valence-corrected chi connectivity index (χ0v) is 13.5. The van der Waals surface area contributed by atoms with Crippen molar-refractivity contribution in [2.75, 3.05) is 0 Å². The molecule has 2 N–H and O–H groups in total. The molecule has 2 aromatic heterocycles. The molecule has 5 nitrogen and oxygen atoms in total. The molecule has 122 valence electrons. The largest absolute Gasteiger partial charge is 0.461 e. The number of imidazole rings is 1. The molecule has 1 aliphatic carbocycles. The van der Waals surface area contributed by atoms with Crippen molar-refractivity contribution < 1.29 is 9.21 Å². The fourth-order valence-electron chi connectivity index (χ4n) is 2.85. The van der Waals surface area contributed by atoms with Gasteiger partial charge in [-0.05, 0) is 42.7 Å². The molecule has 0 aliphatic heterocycles. The Hall–Kier alpha value is -2.82. The summed E-state index contributed by atoms with van der Waals surface area (Å²) in [7, 11) is 0. The quantitative estimate of drug-likeness (QED) is 0.705. The Morgan fingerprint density at radius 2 is 2.21 bits per heavy atom. The van der Waals surface area contributed by atoms with Crippen molar-refractivity contribution in [1.29, 1.82) is 0 Å². The Balaban J connectivity index is 1.33. The SMILES string of the molecule is CC1CC1c1ccc(/C=C/C(=O)NCc2nc3ccccc3[nH]2)o1. The average molecular weight is 321 g/mol. The van der Waals surface area contributed by atoms with Gasteiger partial charge in [-0.3, -0.25) is 4.79 Å². The van der Waals surface area contributed by atoms with Gasteiger partial charge in [-0.1, -0.05) is 19.1 Å². The van der Waals surface area contributed by atoms with Gasteiger partial charge in [0, 0.05) is 12.0 Å². The molecule has 2 heterocycles. The van der Waals surface area contributed by atoms with Crippen molar-refractivity contribution in [1.82, 2.24) is 15.3 Å². The van der Waals surface area contributed by atoms with E-state index in [1.165, 1.54) is 12.5 Å². The number of furan rings is 1. The number of fused-ring (bicyclic) bond motifs is 1. The van der Waals surface area contributed by atoms with Crippen LogP contribution in [0.3, 0.4) is 0 Å². The van der Waals surface area contributed by atoms with E-state index in [4.69, 9.17) is 4.42 Å². The van der Waals surface area contributed by atoms with E-state index in [9.17, 15) is 4.79 Å². The number of aromatic amines is 1. The molecule has 1 amide bonds. The minimum absolute atomic E-state index is 0.173. The van der Waals surface area contributed by atoms with Gasteiger partial charge in [-0.25, -0.2) is 4.98 Å². The maximum Gasteiger partial charge on any atom is 0.244 e. The van der Waals surface area contributed by atoms with Crippen LogP contribution in [0.1, 0.15) is 36.6 Å². The second-order valence-electron chi connectivity index (χ2n) is 6.31. The molecule has 2 atom stereocenters. The number of hydrogen-bond donors (Lipinski definition) is 2. The Kier molecular flexibility index (Phi) is 3.69. The van der Waals surface area contributed by atoms with Gasteiger partial charge in [0.2, 0.25) is 5.91 Å². The van der Waals surface area contributed by atoms with Crippen LogP contribution in [0.25, 0.3) is 17.1 Å². The standard InChI is InChI=1S/C19H19N3O2/c1-12-10-14(12)17-8-6-13(24-17)7-9-19(23)20-11-18-21-15-4-2-3-5-16(15)22-18/h2-9,12,14H,10-11H2,1H3,(H,20,23)(H,21,22)/b9-7+. The Morgan fingerprint density at radius 1 is 1.38 bits per heavy atom. The third-order valence-electron chi connectivity index (χ3n) is 4.39. The molecule has 0 bridgehead atoms. The molecule has 1 saturated carbocycles. The van der Waals surface area contributed by atoms with E-state index >= 15 is 0 Å². The number of aromatic nitrogens is 2. The smallest absolute Gasteiger partial charge is 0.244 e. The monoisotopic (exact) mass is 321 g/mol. The summed E-state index contributed by atoms with van der Waals surface area (Å²) in [5.41, 5.74) is 1.87. The lowest BCUT2D eigenvalue weighted by atomic mass is 10.3. The maximum absolute atomic E-state index is 11.9. The maximum atomic E-state index is 11.9. The summed E-state index contributed by atoms with van der Waals surface area (Å²) in [5, 5.41) is 2.82. The van der Waals surface area contributed by atoms with E-state index in [1.54, 1.807) is 6.08 Å². The van der Waals surface area contributed by atoms with Crippen molar-refractivity contribution >= 4 is 23.0 Å². The van der Waals surface area contributed by atoms with Crippen LogP contribution in [0.15, 0.2) is 46.9 Å². The highest BCUT2D eigenvalue weighted by atomic mass is 16.3. The number of H-pyrrole nitrogens is 1. The predicted molar refractivity (Wildman–Crippen MR) is 92.2 cm³/mol. The number of carbonyl (C=O) groups excluding carboxylic acids is 1. The van der Waals surface area contributed by atoms with Crippen molar-refractivity contribution in [2.24, 2.45) is 5.92 Å². The summed E-state index contributed by atoms with van der Waals surface area (Å²) < 4.78 is 5.75. The number of carbonyl (C=O) groups is 1. The summed E-state index contributed by atoms with van der Waals surface area (Å²) in [5.74, 6) is 3.55. The lowest BCUT2D eigenvalue weighted by molar-refractivity contribution is -0.116. The average Bonchev–Trinajstić information content (AvgIpc) is 3.02. The van der Waals surface area contributed by atoms with Crippen LogP contribution >= 0.6 is 0 Å². The van der Waals surface area contributed by atoms with E-state index in [0.717, 1.165) is 22.6 Å². The third kappa shape index (κ3) is 3.11. The normalized spacial score (nSPS) is 19.9. The van der Waals surface area contributed by atoms with Gasteiger partial charge in [0.15, 0.2) is 0 Å². The van der Waals surface area contributed by atoms with Crippen LogP contribution in [-0.2, 0) is 11.3 Å². The summed E-state index contributed by atoms with van der Waals surface area (Å²) in [6.45, 7) is 2.58. The summed E-state index contributed by atoms with van der Waals surface area (Å²) >= 11 is 0. The molecule has 0 spiro atoms. The first-order valence-corrected chi connectivity index (χ1v) is 8.18. The minimum atomic E-state index is -0.173. The minimum Gasteiger partial charge on any atom is -0.461 e. The van der Waals surface area contributed by atoms with Gasteiger partial charge in [0.1, 0.15) is 17.3 Å². The first-order valence-electron chi connectivity index (χ1n) is 8.18. The highest BCUT2D eigenvalue weighted by Gasteiger charge is 2.36. The van der Waals surface area contributed by atoms with Crippen LogP contribution in [0.5, 0.6) is 0 Å². The van der Waals surface area contributed by atoms with Crippen molar-refractivity contribution in [3.63, 3.8) is 0 Å². The summed E-state index contributed by atoms with van der Waals surface area (Å²) in [6, 6.07) is 11.7. The molecule has 0 radical (unpaired) electrons. The van der Waals surface area contributed by atoms with Gasteiger partial charge in [0.25, 0.3) is 0 Å². The number of para-hydroxylation sites is 2. The number of benzene rings is 1. The van der Waals surface area contributed by atoms with Crippen LogP contribution in [0.4, 0.5) is 0 Å². The van der Waals surface area contributed by atoms with E-state index < -0.39 is 0 Å². The highest BCUT2D eigenvalue weighted by molar-refractivity contribution is 5.91. The number of nitrogens with zero attached hydrogens (tertiary/aromatic N) is 1. The van der Waals surface area contributed by atoms with E-state index in [2.05, 4.69) is 22.2 Å². The second kappa shape index (κ2) is 6.00. The molecule has 1 fully saturated rings. The first-order chi connectivity index (χ1) is 11.7. The Bertz CT molecular complexity index is 873. The summed E-state index contributed by atoms with van der Waals surface area (Å²) in [6.07, 6.45) is 4.38. The van der Waals surface area contributed by atoms with Gasteiger partial charge in [-0.2, -0.15) is 0 Å². The van der Waals surface area contributed by atoms with Gasteiger partial charge < -0.3 is 14.7 Å². The van der Waals surface area contributed by atoms with Crippen molar-refractivity contribution in [3.05, 3.63) is 59.8 Å². The molecule has 5 heteroatoms. The molecular formula is C19H19N3O2. The first kappa shape index (κ1) is 14.8. The molecule has 3 aromatic rings. The summed E-state index contributed by atoms with van der Waals surface area (Å²) in [4.78, 5) is 19.5. The predicted octanol–water partition coefficient (Wildman–Crippen LogP) is 3.61. The topological polar surface area (TPSA) is 70.9 Å². The Labute approximate surface area is 139 Å². The van der Waals surface area contributed by atoms with Crippen LogP contribution < -0.4 is 5.32 Å². The molecule has 4 rings (SSSR count). The second-order valence-corrected chi connectivity index (χ2v) is 6.31. The zero-order valence-electron chi connectivity index (χ0n) is 13.5. The third-order valence-corrected chi connectivity index (χ3v) is 4.39. The van der Waals surface area contributed by atoms with Crippen LogP contribution in [-0.4, -0.2) is 15.9 Å². The molecule has 1 aromatic carbocycles. The molecule has 2 unspecified atom stereocenters. The number of hydrogen-bond acceptors (Lipinski definition) is 3. The van der Waals surface area contributed by atoms with Crippen molar-refractivity contribution in [3.8, 4) is 0 Å². The van der Waals surface area contributed by atoms with Crippen LogP contribution in [0, 0.1) is 5.92 Å². The molecule has 24 heavy (non-hydrogen) atoms. The highest BCUT2D eigenvalue weighted by Crippen LogP contribution is 2.47. The fourth-order valence-corrected chi connectivity index (χ4v) is 2.85. The number of nitrogens with one attached hydrogen (secondary N) is 2. The van der Waals surface area contributed by atoms with E-state index in [1.807, 2.05) is 36.4 Å². The van der Waals surface area contributed by atoms with Crippen molar-refractivity contribution in [2.45, 2.75) is 25.8 Å². The zero-order chi connectivity index (χ0) is 16.5. The lowest BCUT2D eigenvalue weighted by Crippen LogP contribution is -2.20. The Morgan fingerprint density at radius 3 is 3.00 bits per heavy atom. The van der Waals surface area contributed by atoms with Crippen LogP contribution in [0.2, 0.25) is 0 Å². The van der Waals surface area contributed by atoms with E-state index in [-0.39, 0.29) is 5.91 Å². The molecule has 1 aliphatic rings. The number of amides is 1. The lowest BCUT2D eigenvalue weighted by Gasteiger charge is -1.98. The van der Waals surface area contributed by atoms with Gasteiger partial charge in [0.05, 0.1) is 17.6 Å². The molecular weight excluding hydrogens is 302 g/mol. The van der Waals surface area contributed by atoms with E-state index in [0.29, 0.717) is 24.1 Å². The number of rotatable bonds is 5.